The lowest BCUT2D eigenvalue weighted by Gasteiger charge is -2.28. The predicted molar refractivity (Wildman–Crippen MR) is 132 cm³/mol. The van der Waals surface area contributed by atoms with Gasteiger partial charge in [-0.3, -0.25) is 4.79 Å². The normalized spacial score (nSPS) is 21.6. The third kappa shape index (κ3) is 4.71. The Balaban J connectivity index is 1.46. The first-order valence-corrected chi connectivity index (χ1v) is 12.3. The zero-order valence-electron chi connectivity index (χ0n) is 19.2. The number of amides is 1. The van der Waals surface area contributed by atoms with E-state index in [0.29, 0.717) is 11.6 Å². The highest BCUT2D eigenvalue weighted by Gasteiger charge is 2.41. The summed E-state index contributed by atoms with van der Waals surface area (Å²) in [6.07, 6.45) is 6.67. The Morgan fingerprint density at radius 2 is 1.73 bits per heavy atom. The number of likely N-dealkylation sites (tertiary alicyclic amines) is 2. The molecule has 0 saturated carbocycles. The quantitative estimate of drug-likeness (QED) is 0.502. The molecule has 3 aromatic rings. The lowest BCUT2D eigenvalue weighted by atomic mass is 10.0. The van der Waals surface area contributed by atoms with Gasteiger partial charge in [0.1, 0.15) is 5.82 Å². The van der Waals surface area contributed by atoms with Crippen molar-refractivity contribution < 1.29 is 4.79 Å². The van der Waals surface area contributed by atoms with Crippen molar-refractivity contribution in [1.29, 1.82) is 0 Å². The van der Waals surface area contributed by atoms with Crippen LogP contribution in [0, 0.1) is 5.92 Å². The number of imidazole rings is 1. The number of carbonyl (C=O) groups excluding carboxylic acids is 1. The number of nitrogens with zero attached hydrogens (tertiary/aromatic N) is 4. The molecule has 0 N–H and O–H groups in total. The van der Waals surface area contributed by atoms with Crippen LogP contribution in [0.5, 0.6) is 0 Å². The van der Waals surface area contributed by atoms with E-state index in [0.717, 1.165) is 43.1 Å². The number of hydrogen-bond acceptors (Lipinski definition) is 3. The third-order valence-electron chi connectivity index (χ3n) is 7.05. The van der Waals surface area contributed by atoms with E-state index in [1.165, 1.54) is 24.8 Å². The number of aromatic nitrogens is 2. The van der Waals surface area contributed by atoms with Gasteiger partial charge in [0.15, 0.2) is 0 Å². The van der Waals surface area contributed by atoms with Crippen LogP contribution in [0.1, 0.15) is 43.1 Å². The largest absolute Gasteiger partial charge is 0.335 e. The Bertz CT molecular complexity index is 1110. The fourth-order valence-electron chi connectivity index (χ4n) is 5.26. The summed E-state index contributed by atoms with van der Waals surface area (Å²) >= 11 is 6.50. The molecule has 5 nitrogen and oxygen atoms in total. The first kappa shape index (κ1) is 22.2. The summed E-state index contributed by atoms with van der Waals surface area (Å²) in [6.45, 7) is 3.79. The molecule has 3 heterocycles. The maximum atomic E-state index is 13.2. The molecule has 2 atom stereocenters. The fourth-order valence-corrected chi connectivity index (χ4v) is 5.49. The van der Waals surface area contributed by atoms with Gasteiger partial charge in [-0.1, -0.05) is 66.6 Å². The van der Waals surface area contributed by atoms with Crippen molar-refractivity contribution in [3.8, 4) is 11.3 Å². The Morgan fingerprint density at radius 1 is 1.00 bits per heavy atom. The van der Waals surface area contributed by atoms with Gasteiger partial charge in [0.25, 0.3) is 0 Å². The molecule has 2 aliphatic rings. The molecule has 1 aromatic heterocycles. The smallest absolute Gasteiger partial charge is 0.227 e. The van der Waals surface area contributed by atoms with Crippen molar-refractivity contribution in [2.24, 2.45) is 5.92 Å². The van der Waals surface area contributed by atoms with E-state index in [1.807, 2.05) is 42.3 Å². The van der Waals surface area contributed by atoms with Crippen LogP contribution >= 0.6 is 11.6 Å². The molecule has 6 heteroatoms. The summed E-state index contributed by atoms with van der Waals surface area (Å²) < 4.78 is 2.20. The van der Waals surface area contributed by atoms with Crippen LogP contribution in [0.3, 0.4) is 0 Å². The molecule has 2 aromatic carbocycles. The highest BCUT2D eigenvalue weighted by atomic mass is 35.5. The number of benzene rings is 2. The van der Waals surface area contributed by atoms with Gasteiger partial charge in [-0.15, -0.1) is 0 Å². The molecule has 33 heavy (non-hydrogen) atoms. The highest BCUT2D eigenvalue weighted by Crippen LogP contribution is 2.37. The number of carbonyl (C=O) groups is 1. The van der Waals surface area contributed by atoms with Crippen molar-refractivity contribution in [2.75, 3.05) is 26.7 Å². The lowest BCUT2D eigenvalue weighted by Crippen LogP contribution is -2.37. The summed E-state index contributed by atoms with van der Waals surface area (Å²) in [6, 6.07) is 18.2. The molecule has 172 valence electrons. The molecule has 0 aliphatic carbocycles. The number of halogens is 1. The van der Waals surface area contributed by atoms with E-state index >= 15 is 0 Å². The summed E-state index contributed by atoms with van der Waals surface area (Å²) in [7, 11) is 1.93. The second-order valence-corrected chi connectivity index (χ2v) is 9.74. The first-order valence-electron chi connectivity index (χ1n) is 11.9. The summed E-state index contributed by atoms with van der Waals surface area (Å²) in [4.78, 5) is 22.6. The van der Waals surface area contributed by atoms with Crippen molar-refractivity contribution in [1.82, 2.24) is 19.4 Å². The standard InChI is InChI=1S/C27H31ClN4O/c1-30-25(16-21(27(30)33)18-31-14-8-3-9-15-31)26-29-24(22-12-6-7-13-23(22)28)19-32(26)17-20-10-4-2-5-11-20/h2,4-7,10-13,19,21,25H,3,8-9,14-18H2,1H3. The van der Waals surface area contributed by atoms with Gasteiger partial charge in [0.2, 0.25) is 5.91 Å². The van der Waals surface area contributed by atoms with Crippen LogP contribution in [-0.4, -0.2) is 51.9 Å². The Labute approximate surface area is 201 Å². The maximum Gasteiger partial charge on any atom is 0.227 e. The van der Waals surface area contributed by atoms with Crippen molar-refractivity contribution in [3.05, 3.63) is 77.2 Å². The van der Waals surface area contributed by atoms with Crippen molar-refractivity contribution in [2.45, 2.75) is 38.3 Å². The van der Waals surface area contributed by atoms with E-state index in [-0.39, 0.29) is 17.9 Å². The van der Waals surface area contributed by atoms with Gasteiger partial charge >= 0.3 is 0 Å². The topological polar surface area (TPSA) is 41.4 Å². The summed E-state index contributed by atoms with van der Waals surface area (Å²) in [5, 5.41) is 0.687. The molecule has 0 spiro atoms. The molecule has 2 unspecified atom stereocenters. The van der Waals surface area contributed by atoms with Gasteiger partial charge in [0.05, 0.1) is 22.7 Å². The second-order valence-electron chi connectivity index (χ2n) is 9.34. The Hall–Kier alpha value is -2.63. The van der Waals surface area contributed by atoms with Crippen molar-refractivity contribution >= 4 is 17.5 Å². The number of hydrogen-bond donors (Lipinski definition) is 0. The molecule has 1 amide bonds. The van der Waals surface area contributed by atoms with Gasteiger partial charge < -0.3 is 14.4 Å². The molecule has 0 bridgehead atoms. The molecular formula is C27H31ClN4O. The average molecular weight is 463 g/mol. The van der Waals surface area contributed by atoms with E-state index in [9.17, 15) is 4.79 Å². The average Bonchev–Trinajstić information content (AvgIpc) is 3.36. The van der Waals surface area contributed by atoms with E-state index in [4.69, 9.17) is 16.6 Å². The van der Waals surface area contributed by atoms with E-state index < -0.39 is 0 Å². The number of piperidine rings is 1. The van der Waals surface area contributed by atoms with Crippen LogP contribution < -0.4 is 0 Å². The van der Waals surface area contributed by atoms with Crippen LogP contribution in [0.4, 0.5) is 0 Å². The predicted octanol–water partition coefficient (Wildman–Crippen LogP) is 5.26. The summed E-state index contributed by atoms with van der Waals surface area (Å²) in [5.74, 6) is 1.20. The van der Waals surface area contributed by atoms with Gasteiger partial charge in [-0.2, -0.15) is 0 Å². The Kier molecular flexibility index (Phi) is 6.52. The van der Waals surface area contributed by atoms with Gasteiger partial charge in [0, 0.05) is 31.9 Å². The lowest BCUT2D eigenvalue weighted by molar-refractivity contribution is -0.131. The maximum absolute atomic E-state index is 13.2. The monoisotopic (exact) mass is 462 g/mol. The fraction of sp³-hybridized carbons (Fsp3) is 0.407. The van der Waals surface area contributed by atoms with E-state index in [1.54, 1.807) is 0 Å². The van der Waals surface area contributed by atoms with Crippen LogP contribution in [0.2, 0.25) is 5.02 Å². The molecular weight excluding hydrogens is 432 g/mol. The van der Waals surface area contributed by atoms with Crippen LogP contribution in [0.25, 0.3) is 11.3 Å². The van der Waals surface area contributed by atoms with E-state index in [2.05, 4.69) is 39.9 Å². The molecule has 2 fully saturated rings. The van der Waals surface area contributed by atoms with Gasteiger partial charge in [-0.25, -0.2) is 4.98 Å². The minimum absolute atomic E-state index is 0.0312. The molecule has 5 rings (SSSR count). The minimum Gasteiger partial charge on any atom is -0.335 e. The van der Waals surface area contributed by atoms with Gasteiger partial charge in [-0.05, 0) is 44.0 Å². The molecule has 2 saturated heterocycles. The Morgan fingerprint density at radius 3 is 2.48 bits per heavy atom. The third-order valence-corrected chi connectivity index (χ3v) is 7.38. The number of rotatable bonds is 6. The summed E-state index contributed by atoms with van der Waals surface area (Å²) in [5.41, 5.74) is 2.98. The van der Waals surface area contributed by atoms with Crippen molar-refractivity contribution in [3.63, 3.8) is 0 Å². The second kappa shape index (κ2) is 9.70. The SMILES string of the molecule is CN1C(=O)C(CN2CCCCC2)CC1c1nc(-c2ccccc2Cl)cn1Cc1ccccc1. The molecule has 2 aliphatic heterocycles. The first-order chi connectivity index (χ1) is 16.1. The van der Waals surface area contributed by atoms with Crippen LogP contribution in [-0.2, 0) is 11.3 Å². The minimum atomic E-state index is -0.0350. The molecule has 0 radical (unpaired) electrons. The highest BCUT2D eigenvalue weighted by molar-refractivity contribution is 6.33. The zero-order valence-corrected chi connectivity index (χ0v) is 19.9. The zero-order chi connectivity index (χ0) is 22.8. The van der Waals surface area contributed by atoms with Crippen LogP contribution in [0.15, 0.2) is 60.8 Å².